The number of hydrogen-bond donors (Lipinski definition) is 1. The van der Waals surface area contributed by atoms with E-state index >= 15 is 0 Å². The second-order valence-electron chi connectivity index (χ2n) is 6.09. The van der Waals surface area contributed by atoms with Crippen molar-refractivity contribution in [2.24, 2.45) is 0 Å². The molecule has 3 rings (SSSR count). The summed E-state index contributed by atoms with van der Waals surface area (Å²) in [5.74, 6) is 1.20. The van der Waals surface area contributed by atoms with Crippen molar-refractivity contribution in [2.75, 3.05) is 7.11 Å². The SMILES string of the molecule is CC[C@@H](Oc1cccc(OC)c1)C(=O)NCc1ccc2ccccc2c1. The summed E-state index contributed by atoms with van der Waals surface area (Å²) >= 11 is 0. The van der Waals surface area contributed by atoms with Gasteiger partial charge in [0.1, 0.15) is 11.5 Å². The first-order chi connectivity index (χ1) is 12.7. The van der Waals surface area contributed by atoms with E-state index in [2.05, 4.69) is 29.6 Å². The van der Waals surface area contributed by atoms with E-state index in [0.717, 1.165) is 5.56 Å². The molecule has 0 aliphatic carbocycles. The topological polar surface area (TPSA) is 47.6 Å². The number of amides is 1. The van der Waals surface area contributed by atoms with Crippen LogP contribution >= 0.6 is 0 Å². The molecule has 0 spiro atoms. The van der Waals surface area contributed by atoms with Gasteiger partial charge in [0.15, 0.2) is 6.10 Å². The van der Waals surface area contributed by atoms with Crippen LogP contribution in [0.1, 0.15) is 18.9 Å². The largest absolute Gasteiger partial charge is 0.497 e. The number of ether oxygens (including phenoxy) is 2. The molecule has 1 amide bonds. The Labute approximate surface area is 153 Å². The average molecular weight is 349 g/mol. The fourth-order valence-corrected chi connectivity index (χ4v) is 2.81. The summed E-state index contributed by atoms with van der Waals surface area (Å²) in [4.78, 5) is 12.5. The number of nitrogens with one attached hydrogen (secondary N) is 1. The minimum Gasteiger partial charge on any atom is -0.497 e. The first kappa shape index (κ1) is 17.8. The van der Waals surface area contributed by atoms with Crippen LogP contribution in [0.25, 0.3) is 10.8 Å². The van der Waals surface area contributed by atoms with E-state index in [4.69, 9.17) is 9.47 Å². The van der Waals surface area contributed by atoms with Crippen LogP contribution in [0.5, 0.6) is 11.5 Å². The summed E-state index contributed by atoms with van der Waals surface area (Å²) in [5, 5.41) is 5.32. The third-order valence-electron chi connectivity index (χ3n) is 4.26. The van der Waals surface area contributed by atoms with Crippen molar-refractivity contribution in [3.63, 3.8) is 0 Å². The second-order valence-corrected chi connectivity index (χ2v) is 6.09. The zero-order valence-corrected chi connectivity index (χ0v) is 15.1. The van der Waals surface area contributed by atoms with Crippen molar-refractivity contribution in [3.05, 3.63) is 72.3 Å². The third kappa shape index (κ3) is 4.33. The molecule has 3 aromatic rings. The maximum absolute atomic E-state index is 12.5. The van der Waals surface area contributed by atoms with Gasteiger partial charge < -0.3 is 14.8 Å². The normalized spacial score (nSPS) is 11.8. The highest BCUT2D eigenvalue weighted by atomic mass is 16.5. The Hall–Kier alpha value is -3.01. The van der Waals surface area contributed by atoms with Crippen LogP contribution in [-0.4, -0.2) is 19.1 Å². The zero-order chi connectivity index (χ0) is 18.4. The molecule has 26 heavy (non-hydrogen) atoms. The first-order valence-electron chi connectivity index (χ1n) is 8.75. The summed E-state index contributed by atoms with van der Waals surface area (Å²) in [5.41, 5.74) is 1.06. The average Bonchev–Trinajstić information content (AvgIpc) is 2.70. The summed E-state index contributed by atoms with van der Waals surface area (Å²) < 4.78 is 11.0. The smallest absolute Gasteiger partial charge is 0.261 e. The molecule has 0 radical (unpaired) electrons. The molecule has 0 fully saturated rings. The Bertz CT molecular complexity index is 891. The minimum atomic E-state index is -0.539. The van der Waals surface area contributed by atoms with Gasteiger partial charge in [-0.1, -0.05) is 49.4 Å². The van der Waals surface area contributed by atoms with Crippen LogP contribution in [0.2, 0.25) is 0 Å². The van der Waals surface area contributed by atoms with Crippen LogP contribution in [-0.2, 0) is 11.3 Å². The molecule has 4 heteroatoms. The Morgan fingerprint density at radius 2 is 1.73 bits per heavy atom. The third-order valence-corrected chi connectivity index (χ3v) is 4.26. The maximum Gasteiger partial charge on any atom is 0.261 e. The van der Waals surface area contributed by atoms with Crippen molar-refractivity contribution >= 4 is 16.7 Å². The van der Waals surface area contributed by atoms with E-state index in [9.17, 15) is 4.79 Å². The van der Waals surface area contributed by atoms with Gasteiger partial charge in [0, 0.05) is 12.6 Å². The summed E-state index contributed by atoms with van der Waals surface area (Å²) in [6.45, 7) is 2.40. The number of hydrogen-bond acceptors (Lipinski definition) is 3. The molecule has 0 unspecified atom stereocenters. The van der Waals surface area contributed by atoms with Crippen molar-refractivity contribution < 1.29 is 14.3 Å². The molecular weight excluding hydrogens is 326 g/mol. The lowest BCUT2D eigenvalue weighted by Crippen LogP contribution is -2.37. The number of fused-ring (bicyclic) bond motifs is 1. The monoisotopic (exact) mass is 349 g/mol. The summed E-state index contributed by atoms with van der Waals surface area (Å²) in [6.07, 6.45) is 0.0448. The Balaban J connectivity index is 1.62. The van der Waals surface area contributed by atoms with Crippen LogP contribution in [0, 0.1) is 0 Å². The highest BCUT2D eigenvalue weighted by Gasteiger charge is 2.18. The first-order valence-corrected chi connectivity index (χ1v) is 8.75. The van der Waals surface area contributed by atoms with E-state index in [0.29, 0.717) is 24.5 Å². The van der Waals surface area contributed by atoms with Gasteiger partial charge in [0.05, 0.1) is 7.11 Å². The van der Waals surface area contributed by atoms with Crippen molar-refractivity contribution in [1.29, 1.82) is 0 Å². The molecule has 1 N–H and O–H groups in total. The minimum absolute atomic E-state index is 0.122. The molecule has 0 bridgehead atoms. The van der Waals surface area contributed by atoms with Gasteiger partial charge in [-0.15, -0.1) is 0 Å². The van der Waals surface area contributed by atoms with Crippen LogP contribution in [0.3, 0.4) is 0 Å². The van der Waals surface area contributed by atoms with Crippen molar-refractivity contribution in [1.82, 2.24) is 5.32 Å². The van der Waals surface area contributed by atoms with Crippen LogP contribution in [0.4, 0.5) is 0 Å². The number of rotatable bonds is 7. The molecular formula is C22H23NO3. The highest BCUT2D eigenvalue weighted by Crippen LogP contribution is 2.21. The lowest BCUT2D eigenvalue weighted by Gasteiger charge is -2.18. The highest BCUT2D eigenvalue weighted by molar-refractivity contribution is 5.83. The molecule has 0 aromatic heterocycles. The van der Waals surface area contributed by atoms with E-state index in [1.165, 1.54) is 10.8 Å². The van der Waals surface area contributed by atoms with E-state index in [-0.39, 0.29) is 5.91 Å². The van der Waals surface area contributed by atoms with Gasteiger partial charge in [-0.2, -0.15) is 0 Å². The second kappa shape index (κ2) is 8.39. The molecule has 0 aliphatic rings. The summed E-state index contributed by atoms with van der Waals surface area (Å²) in [6, 6.07) is 21.7. The molecule has 0 aliphatic heterocycles. The Morgan fingerprint density at radius 1 is 0.962 bits per heavy atom. The molecule has 134 valence electrons. The molecule has 0 heterocycles. The van der Waals surface area contributed by atoms with Crippen molar-refractivity contribution in [3.8, 4) is 11.5 Å². The van der Waals surface area contributed by atoms with E-state index in [1.54, 1.807) is 13.2 Å². The van der Waals surface area contributed by atoms with Gasteiger partial charge in [-0.25, -0.2) is 0 Å². The lowest BCUT2D eigenvalue weighted by atomic mass is 10.1. The number of benzene rings is 3. The number of carbonyl (C=O) groups is 1. The maximum atomic E-state index is 12.5. The van der Waals surface area contributed by atoms with E-state index in [1.807, 2.05) is 43.3 Å². The van der Waals surface area contributed by atoms with Gasteiger partial charge in [-0.3, -0.25) is 4.79 Å². The molecule has 0 saturated carbocycles. The zero-order valence-electron chi connectivity index (χ0n) is 15.1. The predicted molar refractivity (Wildman–Crippen MR) is 103 cm³/mol. The van der Waals surface area contributed by atoms with Gasteiger partial charge >= 0.3 is 0 Å². The van der Waals surface area contributed by atoms with E-state index < -0.39 is 6.10 Å². The standard InChI is InChI=1S/C22H23NO3/c1-3-21(26-20-10-6-9-19(14-20)25-2)22(24)23-15-16-11-12-17-7-4-5-8-18(17)13-16/h4-14,21H,3,15H2,1-2H3,(H,23,24)/t21-/m1/s1. The lowest BCUT2D eigenvalue weighted by molar-refractivity contribution is -0.128. The molecule has 0 saturated heterocycles. The summed E-state index contributed by atoms with van der Waals surface area (Å²) in [7, 11) is 1.60. The quantitative estimate of drug-likeness (QED) is 0.691. The molecule has 3 aromatic carbocycles. The Kier molecular flexibility index (Phi) is 5.74. The number of carbonyl (C=O) groups excluding carboxylic acids is 1. The van der Waals surface area contributed by atoms with Crippen molar-refractivity contribution in [2.45, 2.75) is 26.0 Å². The van der Waals surface area contributed by atoms with Gasteiger partial charge in [-0.05, 0) is 41.0 Å². The van der Waals surface area contributed by atoms with Gasteiger partial charge in [0.2, 0.25) is 0 Å². The fraction of sp³-hybridized carbons (Fsp3) is 0.227. The van der Waals surface area contributed by atoms with Gasteiger partial charge in [0.25, 0.3) is 5.91 Å². The predicted octanol–water partition coefficient (Wildman–Crippen LogP) is 4.32. The fourth-order valence-electron chi connectivity index (χ4n) is 2.81. The Morgan fingerprint density at radius 3 is 2.50 bits per heavy atom. The van der Waals surface area contributed by atoms with Crippen LogP contribution in [0.15, 0.2) is 66.7 Å². The van der Waals surface area contributed by atoms with Crippen LogP contribution < -0.4 is 14.8 Å². The molecule has 4 nitrogen and oxygen atoms in total. The molecule has 1 atom stereocenters. The number of methoxy groups -OCH3 is 1.